The van der Waals surface area contributed by atoms with Crippen molar-refractivity contribution >= 4 is 35.3 Å². The number of aliphatic hydroxyl groups excluding tert-OH is 3. The minimum atomic E-state index is -0.490. The summed E-state index contributed by atoms with van der Waals surface area (Å²) in [6, 6.07) is 19.6. The number of nitrogens with one attached hydrogen (secondary N) is 2. The van der Waals surface area contributed by atoms with E-state index >= 15 is 0 Å². The van der Waals surface area contributed by atoms with Gasteiger partial charge in [0.2, 0.25) is 0 Å². The van der Waals surface area contributed by atoms with Crippen molar-refractivity contribution in [1.29, 1.82) is 0 Å². The molecule has 11 heteroatoms. The highest BCUT2D eigenvalue weighted by Crippen LogP contribution is 2.32. The van der Waals surface area contributed by atoms with Crippen LogP contribution in [0.3, 0.4) is 0 Å². The maximum Gasteiger partial charge on any atom is 0.255 e. The van der Waals surface area contributed by atoms with Gasteiger partial charge in [-0.25, -0.2) is 0 Å². The Morgan fingerprint density at radius 1 is 0.717 bits per heavy atom. The molecular formula is C35H35ClN2O8. The van der Waals surface area contributed by atoms with E-state index in [9.17, 15) is 20.1 Å². The number of halogens is 1. The third-order valence-electron chi connectivity index (χ3n) is 7.52. The number of benzene rings is 4. The third kappa shape index (κ3) is 7.38. The fraction of sp³-hybridized carbons (Fsp3) is 0.229. The molecule has 5 rings (SSSR count). The second-order valence-corrected chi connectivity index (χ2v) is 10.8. The maximum atomic E-state index is 12.6. The molecule has 4 aromatic rings. The first kappa shape index (κ1) is 32.6. The lowest BCUT2D eigenvalue weighted by molar-refractivity contribution is 0.0935. The fourth-order valence-electron chi connectivity index (χ4n) is 5.17. The van der Waals surface area contributed by atoms with E-state index < -0.39 is 6.17 Å². The van der Waals surface area contributed by atoms with Crippen LogP contribution in [0, 0.1) is 0 Å². The summed E-state index contributed by atoms with van der Waals surface area (Å²) in [6.07, 6.45) is 3.28. The summed E-state index contributed by atoms with van der Waals surface area (Å²) in [7, 11) is 3.08. The van der Waals surface area contributed by atoms with Gasteiger partial charge in [0, 0.05) is 21.8 Å². The summed E-state index contributed by atoms with van der Waals surface area (Å²) in [6.45, 7) is -0.310. The standard InChI is InChI=1S/C35H35ClN2O8/c1-43-31-9-5-21(3-4-22-13-24(18-39)28(20-41)32(15-22)44-2)14-33(31)46-12-11-45-30-10-6-23(16-25(30)19-40)34-37-29-8-7-26(36)17-27(29)35(42)38-34/h3-10,13-17,34,37,39-41H,11-12,18-20H2,1-2H3,(H,38,42). The smallest absolute Gasteiger partial charge is 0.255 e. The first-order chi connectivity index (χ1) is 22.4. The van der Waals surface area contributed by atoms with Gasteiger partial charge in [0.25, 0.3) is 5.91 Å². The minimum Gasteiger partial charge on any atom is -0.496 e. The Labute approximate surface area is 271 Å². The van der Waals surface area contributed by atoms with Gasteiger partial charge < -0.3 is 44.9 Å². The number of aliphatic hydroxyl groups is 3. The van der Waals surface area contributed by atoms with E-state index in [4.69, 9.17) is 30.5 Å². The van der Waals surface area contributed by atoms with Crippen LogP contribution in [0.5, 0.6) is 23.0 Å². The molecule has 0 aromatic heterocycles. The van der Waals surface area contributed by atoms with Crippen LogP contribution in [0.1, 0.15) is 49.9 Å². The minimum absolute atomic E-state index is 0.197. The molecule has 1 amide bonds. The molecule has 0 saturated heterocycles. The lowest BCUT2D eigenvalue weighted by Crippen LogP contribution is -2.38. The number of amides is 1. The van der Waals surface area contributed by atoms with Gasteiger partial charge in [0.1, 0.15) is 30.9 Å². The molecule has 1 unspecified atom stereocenters. The highest BCUT2D eigenvalue weighted by molar-refractivity contribution is 6.31. The van der Waals surface area contributed by atoms with E-state index in [-0.39, 0.29) is 38.9 Å². The van der Waals surface area contributed by atoms with Crippen LogP contribution in [0.2, 0.25) is 5.02 Å². The van der Waals surface area contributed by atoms with Gasteiger partial charge in [-0.2, -0.15) is 0 Å². The van der Waals surface area contributed by atoms with Gasteiger partial charge in [-0.15, -0.1) is 0 Å². The molecule has 0 saturated carbocycles. The van der Waals surface area contributed by atoms with Gasteiger partial charge in [-0.1, -0.05) is 35.9 Å². The van der Waals surface area contributed by atoms with Crippen molar-refractivity contribution in [3.05, 3.63) is 111 Å². The van der Waals surface area contributed by atoms with Gasteiger partial charge in [0.05, 0.1) is 39.6 Å². The molecule has 5 N–H and O–H groups in total. The Morgan fingerprint density at radius 2 is 1.41 bits per heavy atom. The number of carbonyl (C=O) groups is 1. The van der Waals surface area contributed by atoms with Crippen LogP contribution in [-0.2, 0) is 19.8 Å². The molecule has 240 valence electrons. The van der Waals surface area contributed by atoms with Crippen molar-refractivity contribution in [2.45, 2.75) is 26.0 Å². The highest BCUT2D eigenvalue weighted by Gasteiger charge is 2.25. The lowest BCUT2D eigenvalue weighted by Gasteiger charge is -2.28. The maximum absolute atomic E-state index is 12.6. The lowest BCUT2D eigenvalue weighted by atomic mass is 10.0. The Morgan fingerprint density at radius 3 is 2.13 bits per heavy atom. The van der Waals surface area contributed by atoms with Crippen LogP contribution in [-0.4, -0.2) is 48.7 Å². The van der Waals surface area contributed by atoms with Crippen molar-refractivity contribution in [1.82, 2.24) is 5.32 Å². The Bertz CT molecular complexity index is 1720. The van der Waals surface area contributed by atoms with E-state index in [2.05, 4.69) is 10.6 Å². The van der Waals surface area contributed by atoms with Gasteiger partial charge in [0.15, 0.2) is 11.5 Å². The molecule has 4 aromatic carbocycles. The van der Waals surface area contributed by atoms with Crippen molar-refractivity contribution < 1.29 is 39.1 Å². The molecule has 46 heavy (non-hydrogen) atoms. The topological polar surface area (TPSA) is 139 Å². The Balaban J connectivity index is 1.22. The summed E-state index contributed by atoms with van der Waals surface area (Å²) in [5, 5.41) is 36.1. The zero-order valence-electron chi connectivity index (χ0n) is 25.4. The molecule has 1 aliphatic rings. The molecule has 1 atom stereocenters. The molecular weight excluding hydrogens is 612 g/mol. The van der Waals surface area contributed by atoms with Crippen LogP contribution >= 0.6 is 11.6 Å². The highest BCUT2D eigenvalue weighted by atomic mass is 35.5. The molecule has 0 spiro atoms. The van der Waals surface area contributed by atoms with Crippen molar-refractivity contribution in [2.24, 2.45) is 0 Å². The fourth-order valence-corrected chi connectivity index (χ4v) is 5.34. The van der Waals surface area contributed by atoms with E-state index in [1.807, 2.05) is 30.4 Å². The van der Waals surface area contributed by atoms with E-state index in [1.54, 1.807) is 55.6 Å². The zero-order chi connectivity index (χ0) is 32.6. The van der Waals surface area contributed by atoms with Crippen molar-refractivity contribution in [2.75, 3.05) is 32.8 Å². The predicted molar refractivity (Wildman–Crippen MR) is 175 cm³/mol. The summed E-state index contributed by atoms with van der Waals surface area (Å²) < 4.78 is 22.8. The average Bonchev–Trinajstić information content (AvgIpc) is 3.08. The van der Waals surface area contributed by atoms with Gasteiger partial charge >= 0.3 is 0 Å². The van der Waals surface area contributed by atoms with E-state index in [1.165, 1.54) is 7.11 Å². The quantitative estimate of drug-likeness (QED) is 0.0965. The Kier molecular flexibility index (Phi) is 10.7. The molecule has 1 aliphatic heterocycles. The SMILES string of the molecule is COc1ccc(C=Cc2cc(CO)c(CO)c(OC)c2)cc1OCCOc1ccc(C2NC(=O)c3cc(Cl)ccc3N2)cc1CO. The largest absolute Gasteiger partial charge is 0.496 e. The first-order valence-electron chi connectivity index (χ1n) is 14.5. The first-order valence-corrected chi connectivity index (χ1v) is 14.9. The average molecular weight is 647 g/mol. The van der Waals surface area contributed by atoms with E-state index in [0.717, 1.165) is 16.7 Å². The molecule has 0 fully saturated rings. The monoisotopic (exact) mass is 646 g/mol. The molecule has 0 radical (unpaired) electrons. The van der Waals surface area contributed by atoms with Crippen LogP contribution in [0.25, 0.3) is 12.2 Å². The van der Waals surface area contributed by atoms with E-state index in [0.29, 0.717) is 56.0 Å². The molecule has 10 nitrogen and oxygen atoms in total. The van der Waals surface area contributed by atoms with Crippen LogP contribution in [0.4, 0.5) is 5.69 Å². The van der Waals surface area contributed by atoms with Crippen molar-refractivity contribution in [3.8, 4) is 23.0 Å². The van der Waals surface area contributed by atoms with Gasteiger partial charge in [-0.05, 0) is 76.9 Å². The van der Waals surface area contributed by atoms with Crippen LogP contribution < -0.4 is 29.6 Å². The number of hydrogen-bond acceptors (Lipinski definition) is 9. The number of ether oxygens (including phenoxy) is 4. The number of carbonyl (C=O) groups excluding carboxylic acids is 1. The molecule has 1 heterocycles. The third-order valence-corrected chi connectivity index (χ3v) is 7.75. The second-order valence-electron chi connectivity index (χ2n) is 10.4. The zero-order valence-corrected chi connectivity index (χ0v) is 26.1. The van der Waals surface area contributed by atoms with Gasteiger partial charge in [-0.3, -0.25) is 4.79 Å². The summed E-state index contributed by atoms with van der Waals surface area (Å²) >= 11 is 6.04. The number of rotatable bonds is 13. The summed E-state index contributed by atoms with van der Waals surface area (Å²) in [5.41, 5.74) is 5.25. The van der Waals surface area contributed by atoms with Crippen LogP contribution in [0.15, 0.2) is 66.7 Å². The molecule has 0 bridgehead atoms. The normalized spacial score (nSPS) is 14.0. The molecule has 0 aliphatic carbocycles. The predicted octanol–water partition coefficient (Wildman–Crippen LogP) is 5.32. The summed E-state index contributed by atoms with van der Waals surface area (Å²) in [4.78, 5) is 12.6. The second kappa shape index (κ2) is 15.0. The number of fused-ring (bicyclic) bond motifs is 1. The summed E-state index contributed by atoms with van der Waals surface area (Å²) in [5.74, 6) is 1.83. The number of methoxy groups -OCH3 is 2. The van der Waals surface area contributed by atoms with Crippen molar-refractivity contribution in [3.63, 3.8) is 0 Å². The number of hydrogen-bond donors (Lipinski definition) is 5. The number of anilines is 1. The Hall–Kier alpha value is -4.74.